The Balaban J connectivity index is 2.21. The highest BCUT2D eigenvalue weighted by Crippen LogP contribution is 2.28. The Labute approximate surface area is 112 Å². The Bertz CT molecular complexity index is 781. The molecule has 0 fully saturated rings. The summed E-state index contributed by atoms with van der Waals surface area (Å²) < 4.78 is 1.58. The molecule has 0 saturated carbocycles. The van der Waals surface area contributed by atoms with Gasteiger partial charge in [0, 0.05) is 10.6 Å². The number of fused-ring (bicyclic) bond motifs is 1. The molecule has 0 aliphatic heterocycles. The number of imidazole rings is 1. The van der Waals surface area contributed by atoms with Crippen LogP contribution in [0.15, 0.2) is 24.3 Å². The number of benzene rings is 1. The third-order valence-electron chi connectivity index (χ3n) is 2.56. The molecule has 0 aliphatic carbocycles. The fourth-order valence-corrected chi connectivity index (χ4v) is 2.85. The van der Waals surface area contributed by atoms with Gasteiger partial charge in [0.1, 0.15) is 11.1 Å². The first-order chi connectivity index (χ1) is 8.69. The summed E-state index contributed by atoms with van der Waals surface area (Å²) in [5, 5.41) is 14.9. The standard InChI is InChI=1S/C12H7ClN4S/c1-7-10(6-14)17-12(15-7)18-11(16-17)8-3-2-4-9(13)5-8/h2-5H,1H3. The Morgan fingerprint density at radius 1 is 1.44 bits per heavy atom. The molecule has 0 bridgehead atoms. The number of rotatable bonds is 1. The monoisotopic (exact) mass is 274 g/mol. The first-order valence-corrected chi connectivity index (χ1v) is 6.40. The Morgan fingerprint density at radius 2 is 2.28 bits per heavy atom. The van der Waals surface area contributed by atoms with Gasteiger partial charge in [0.05, 0.1) is 5.69 Å². The van der Waals surface area contributed by atoms with E-state index in [1.165, 1.54) is 11.3 Å². The van der Waals surface area contributed by atoms with Crippen LogP contribution < -0.4 is 0 Å². The zero-order chi connectivity index (χ0) is 12.7. The topological polar surface area (TPSA) is 54.0 Å². The van der Waals surface area contributed by atoms with Gasteiger partial charge in [-0.1, -0.05) is 35.1 Å². The molecule has 0 N–H and O–H groups in total. The van der Waals surface area contributed by atoms with Crippen LogP contribution in [-0.4, -0.2) is 14.6 Å². The van der Waals surface area contributed by atoms with E-state index in [4.69, 9.17) is 16.9 Å². The van der Waals surface area contributed by atoms with Crippen molar-refractivity contribution in [2.24, 2.45) is 0 Å². The van der Waals surface area contributed by atoms with Crippen LogP contribution in [0, 0.1) is 18.3 Å². The van der Waals surface area contributed by atoms with Crippen LogP contribution in [-0.2, 0) is 0 Å². The van der Waals surface area contributed by atoms with Crippen LogP contribution in [0.3, 0.4) is 0 Å². The van der Waals surface area contributed by atoms with Gasteiger partial charge < -0.3 is 0 Å². The molecule has 1 aromatic carbocycles. The summed E-state index contributed by atoms with van der Waals surface area (Å²) in [6.07, 6.45) is 0. The lowest BCUT2D eigenvalue weighted by atomic mass is 10.2. The second-order valence-corrected chi connectivity index (χ2v) is 5.16. The zero-order valence-corrected chi connectivity index (χ0v) is 11.0. The number of halogens is 1. The zero-order valence-electron chi connectivity index (χ0n) is 9.38. The van der Waals surface area contributed by atoms with Crippen LogP contribution >= 0.6 is 22.9 Å². The van der Waals surface area contributed by atoms with Gasteiger partial charge in [-0.2, -0.15) is 14.9 Å². The third-order valence-corrected chi connectivity index (χ3v) is 3.75. The van der Waals surface area contributed by atoms with E-state index in [0.717, 1.165) is 15.5 Å². The largest absolute Gasteiger partial charge is 0.221 e. The fourth-order valence-electron chi connectivity index (χ4n) is 1.72. The van der Waals surface area contributed by atoms with Gasteiger partial charge in [-0.3, -0.25) is 0 Å². The SMILES string of the molecule is Cc1nc2sc(-c3cccc(Cl)c3)nn2c1C#N. The van der Waals surface area contributed by atoms with E-state index in [1.54, 1.807) is 11.4 Å². The molecule has 0 unspecified atom stereocenters. The summed E-state index contributed by atoms with van der Waals surface area (Å²) in [4.78, 5) is 5.04. The van der Waals surface area contributed by atoms with E-state index in [1.807, 2.05) is 24.3 Å². The molecule has 0 aliphatic rings. The van der Waals surface area contributed by atoms with Crippen LogP contribution in [0.4, 0.5) is 0 Å². The summed E-state index contributed by atoms with van der Waals surface area (Å²) in [5.74, 6) is 0. The lowest BCUT2D eigenvalue weighted by Gasteiger charge is -1.95. The number of nitrogens with zero attached hydrogens (tertiary/aromatic N) is 4. The normalized spacial score (nSPS) is 10.7. The maximum atomic E-state index is 9.06. The molecule has 6 heteroatoms. The number of nitriles is 1. The predicted octanol–water partition coefficient (Wildman–Crippen LogP) is 3.29. The molecule has 88 valence electrons. The molecule has 0 atom stereocenters. The van der Waals surface area contributed by atoms with Crippen molar-refractivity contribution in [3.63, 3.8) is 0 Å². The van der Waals surface area contributed by atoms with Gasteiger partial charge in [0.2, 0.25) is 4.96 Å². The van der Waals surface area contributed by atoms with Crippen molar-refractivity contribution < 1.29 is 0 Å². The van der Waals surface area contributed by atoms with Crippen molar-refractivity contribution >= 4 is 27.9 Å². The van der Waals surface area contributed by atoms with E-state index in [-0.39, 0.29) is 0 Å². The molecule has 0 radical (unpaired) electrons. The molecule has 3 aromatic rings. The lowest BCUT2D eigenvalue weighted by Crippen LogP contribution is -1.90. The predicted molar refractivity (Wildman–Crippen MR) is 70.8 cm³/mol. The van der Waals surface area contributed by atoms with Gasteiger partial charge in [-0.05, 0) is 19.1 Å². The molecule has 2 aromatic heterocycles. The minimum atomic E-state index is 0.481. The van der Waals surface area contributed by atoms with Crippen LogP contribution in [0.5, 0.6) is 0 Å². The average Bonchev–Trinajstić information content (AvgIpc) is 2.85. The number of aromatic nitrogens is 3. The van der Waals surface area contributed by atoms with Gasteiger partial charge in [-0.15, -0.1) is 0 Å². The van der Waals surface area contributed by atoms with E-state index in [2.05, 4.69) is 16.2 Å². The van der Waals surface area contributed by atoms with Crippen LogP contribution in [0.25, 0.3) is 15.5 Å². The molecule has 0 amide bonds. The summed E-state index contributed by atoms with van der Waals surface area (Å²) in [5.41, 5.74) is 2.11. The second kappa shape index (κ2) is 4.09. The maximum Gasteiger partial charge on any atom is 0.213 e. The van der Waals surface area contributed by atoms with Crippen molar-refractivity contribution in [1.82, 2.24) is 14.6 Å². The molecular weight excluding hydrogens is 268 g/mol. The molecule has 3 rings (SSSR count). The maximum absolute atomic E-state index is 9.06. The van der Waals surface area contributed by atoms with Gasteiger partial charge in [0.15, 0.2) is 5.69 Å². The van der Waals surface area contributed by atoms with Crippen molar-refractivity contribution in [2.75, 3.05) is 0 Å². The lowest BCUT2D eigenvalue weighted by molar-refractivity contribution is 0.955. The minimum absolute atomic E-state index is 0.481. The smallest absolute Gasteiger partial charge is 0.213 e. The van der Waals surface area contributed by atoms with E-state index in [0.29, 0.717) is 16.4 Å². The van der Waals surface area contributed by atoms with E-state index < -0.39 is 0 Å². The molecule has 18 heavy (non-hydrogen) atoms. The summed E-state index contributed by atoms with van der Waals surface area (Å²) in [6, 6.07) is 9.58. The van der Waals surface area contributed by atoms with Crippen molar-refractivity contribution in [2.45, 2.75) is 6.92 Å². The second-order valence-electron chi connectivity index (χ2n) is 3.77. The summed E-state index contributed by atoms with van der Waals surface area (Å²) in [7, 11) is 0. The highest BCUT2D eigenvalue weighted by molar-refractivity contribution is 7.19. The minimum Gasteiger partial charge on any atom is -0.221 e. The van der Waals surface area contributed by atoms with Gasteiger partial charge in [0.25, 0.3) is 0 Å². The van der Waals surface area contributed by atoms with Gasteiger partial charge in [-0.25, -0.2) is 4.98 Å². The Hall–Kier alpha value is -1.90. The first kappa shape index (κ1) is 11.2. The van der Waals surface area contributed by atoms with E-state index in [9.17, 15) is 0 Å². The highest BCUT2D eigenvalue weighted by Gasteiger charge is 2.14. The quantitative estimate of drug-likeness (QED) is 0.684. The van der Waals surface area contributed by atoms with Gasteiger partial charge >= 0.3 is 0 Å². The molecule has 4 nitrogen and oxygen atoms in total. The third kappa shape index (κ3) is 1.67. The van der Waals surface area contributed by atoms with Crippen molar-refractivity contribution in [3.8, 4) is 16.6 Å². The molecular formula is C12H7ClN4S. The number of hydrogen-bond donors (Lipinski definition) is 0. The first-order valence-electron chi connectivity index (χ1n) is 5.21. The number of hydrogen-bond acceptors (Lipinski definition) is 4. The molecule has 0 spiro atoms. The number of aryl methyl sites for hydroxylation is 1. The van der Waals surface area contributed by atoms with Crippen LogP contribution in [0.1, 0.15) is 11.4 Å². The summed E-state index contributed by atoms with van der Waals surface area (Å²) >= 11 is 7.39. The highest BCUT2D eigenvalue weighted by atomic mass is 35.5. The molecule has 2 heterocycles. The Kier molecular flexibility index (Phi) is 2.54. The van der Waals surface area contributed by atoms with Crippen molar-refractivity contribution in [3.05, 3.63) is 40.7 Å². The van der Waals surface area contributed by atoms with Crippen LogP contribution in [0.2, 0.25) is 5.02 Å². The Morgan fingerprint density at radius 3 is 3.00 bits per heavy atom. The fraction of sp³-hybridized carbons (Fsp3) is 0.0833. The van der Waals surface area contributed by atoms with Crippen molar-refractivity contribution in [1.29, 1.82) is 5.26 Å². The average molecular weight is 275 g/mol. The van der Waals surface area contributed by atoms with E-state index >= 15 is 0 Å². The summed E-state index contributed by atoms with van der Waals surface area (Å²) in [6.45, 7) is 1.80. The molecule has 0 saturated heterocycles.